The molecule has 398 valence electrons. The highest BCUT2D eigenvalue weighted by molar-refractivity contribution is 8.76. The van der Waals surface area contributed by atoms with Gasteiger partial charge >= 0.3 is 0 Å². The maximum atomic E-state index is 14.6. The van der Waals surface area contributed by atoms with E-state index in [1.165, 1.54) is 29.2 Å². The number of phenols is 1. The number of carbonyl (C=O) groups excluding carboxylic acids is 11. The Bertz CT molecular complexity index is 2300. The van der Waals surface area contributed by atoms with Gasteiger partial charge in [0.2, 0.25) is 65.0 Å². The van der Waals surface area contributed by atoms with Gasteiger partial charge in [0.25, 0.3) is 0 Å². The number of aromatic hydroxyl groups is 1. The summed E-state index contributed by atoms with van der Waals surface area (Å²) in [5, 5.41) is 27.7. The van der Waals surface area contributed by atoms with Crippen LogP contribution in [0.5, 0.6) is 5.75 Å². The van der Waals surface area contributed by atoms with Crippen LogP contribution in [0.3, 0.4) is 0 Å². The molecule has 0 saturated carbocycles. The zero-order valence-corrected chi connectivity index (χ0v) is 41.6. The van der Waals surface area contributed by atoms with E-state index in [0.29, 0.717) is 36.9 Å². The van der Waals surface area contributed by atoms with Gasteiger partial charge in [-0.15, -0.1) is 0 Å². The van der Waals surface area contributed by atoms with E-state index in [-0.39, 0.29) is 49.5 Å². The lowest BCUT2D eigenvalue weighted by Crippen LogP contribution is -2.61. The summed E-state index contributed by atoms with van der Waals surface area (Å²) in [7, 11) is 2.02. The summed E-state index contributed by atoms with van der Waals surface area (Å²) in [6.07, 6.45) is -0.386. The summed E-state index contributed by atoms with van der Waals surface area (Å²) in [6.45, 7) is -0.147. The third-order valence-corrected chi connectivity index (χ3v) is 14.1. The van der Waals surface area contributed by atoms with Gasteiger partial charge in [0.15, 0.2) is 0 Å². The molecule has 2 aromatic rings. The number of nitrogens with two attached hydrogens (primary N) is 5. The summed E-state index contributed by atoms with van der Waals surface area (Å²) in [5.74, 6) is -10.0. The fraction of sp³-hybridized carbons (Fsp3) is 0.500. The molecule has 2 heterocycles. The molecule has 11 amide bonds. The number of hydrogen-bond acceptors (Lipinski definition) is 16. The number of primary amides is 3. The van der Waals surface area contributed by atoms with Crippen LogP contribution >= 0.6 is 21.6 Å². The predicted octanol–water partition coefficient (Wildman–Crippen LogP) is -4.33. The first-order chi connectivity index (χ1) is 34.8. The zero-order valence-electron chi connectivity index (χ0n) is 40.0. The normalized spacial score (nSPS) is 23.0. The fourth-order valence-corrected chi connectivity index (χ4v) is 10.1. The highest BCUT2D eigenvalue weighted by Crippen LogP contribution is 2.26. The van der Waals surface area contributed by atoms with Crippen molar-refractivity contribution in [2.45, 2.75) is 113 Å². The number of rotatable bonds is 19. The largest absolute Gasteiger partial charge is 0.508 e. The van der Waals surface area contributed by atoms with Gasteiger partial charge in [-0.05, 0) is 68.3 Å². The molecule has 0 radical (unpaired) electrons. The number of carbonyl (C=O) groups is 11. The molecule has 18 N–H and O–H groups in total. The highest BCUT2D eigenvalue weighted by Gasteiger charge is 2.40. The molecular weight excluding hydrogens is 991 g/mol. The van der Waals surface area contributed by atoms with Crippen molar-refractivity contribution in [3.8, 4) is 5.75 Å². The van der Waals surface area contributed by atoms with Crippen LogP contribution < -0.4 is 65.9 Å². The molecule has 0 spiro atoms. The Hall–Kier alpha value is -6.97. The van der Waals surface area contributed by atoms with E-state index >= 15 is 0 Å². The number of amides is 11. The lowest BCUT2D eigenvalue weighted by atomic mass is 10.0. The summed E-state index contributed by atoms with van der Waals surface area (Å²) in [6, 6.07) is 3.09. The van der Waals surface area contributed by atoms with Gasteiger partial charge in [-0.2, -0.15) is 0 Å². The molecule has 3 unspecified atom stereocenters. The van der Waals surface area contributed by atoms with Crippen molar-refractivity contribution in [3.63, 3.8) is 0 Å². The van der Waals surface area contributed by atoms with E-state index < -0.39 is 139 Å². The van der Waals surface area contributed by atoms with Gasteiger partial charge in [-0.25, -0.2) is 0 Å². The van der Waals surface area contributed by atoms with Crippen LogP contribution in [0.4, 0.5) is 0 Å². The molecule has 27 heteroatoms. The van der Waals surface area contributed by atoms with Crippen LogP contribution in [0.2, 0.25) is 0 Å². The molecule has 2 aliphatic heterocycles. The second-order valence-corrected chi connectivity index (χ2v) is 20.0. The van der Waals surface area contributed by atoms with Crippen LogP contribution in [0.25, 0.3) is 0 Å². The fourth-order valence-electron chi connectivity index (χ4n) is 7.79. The van der Waals surface area contributed by atoms with Crippen LogP contribution in [0, 0.1) is 0 Å². The van der Waals surface area contributed by atoms with Gasteiger partial charge < -0.3 is 75.9 Å². The van der Waals surface area contributed by atoms with E-state index in [1.54, 1.807) is 30.3 Å². The van der Waals surface area contributed by atoms with Gasteiger partial charge in [-0.1, -0.05) is 64.1 Å². The lowest BCUT2D eigenvalue weighted by Gasteiger charge is -2.31. The number of nitrogens with one attached hydrogen (secondary N) is 7. The molecule has 0 aromatic heterocycles. The average Bonchev–Trinajstić information content (AvgIpc) is 3.85. The third-order valence-electron chi connectivity index (χ3n) is 11.6. The molecule has 4 rings (SSSR count). The smallest absolute Gasteiger partial charge is 0.246 e. The number of likely N-dealkylation sites (tertiary alicyclic amines) is 1. The molecular formula is C46H65N13O12S2. The van der Waals surface area contributed by atoms with Crippen LogP contribution in [-0.4, -0.2) is 154 Å². The number of phenolic OH excluding ortho intramolecular Hbond substituents is 1. The second kappa shape index (κ2) is 29.5. The highest BCUT2D eigenvalue weighted by atomic mass is 33.1. The Morgan fingerprint density at radius 2 is 1.27 bits per heavy atom. The standard InChI is InChI=1S/C46H65N13O12S2/c47-17-5-4-9-29(40(65)52-22-38(51)63)54-45(70)35-10-6-18-59(35)46(71)34-24-73-72-23-28(48)39(64)55-31(20-26-11-13-27(60)14-12-26)43(68)56-32(19-25-7-2-1-3-8-25)42(67)53-30(15-16-36(49)61)41(66)57-33(21-37(50)62)44(69)58-34/h1-3,7-8,11-14,28-35,60H,4-6,9-10,15-24,47-48H2,(H2,49,61)(H2,50,62)(H2,51,63)(H,52,65)(H,53,67)(H,54,70)(H,55,64)(H,56,68)(H,57,66)(H,58,69)/t28-,29-,30-,31?,32?,33?,34-,35-/m0/s1. The Kier molecular flexibility index (Phi) is 23.7. The number of benzene rings is 2. The molecule has 2 aromatic carbocycles. The minimum Gasteiger partial charge on any atom is -0.508 e. The first-order valence-corrected chi connectivity index (χ1v) is 26.0. The van der Waals surface area contributed by atoms with Crippen molar-refractivity contribution in [1.82, 2.24) is 42.1 Å². The molecule has 73 heavy (non-hydrogen) atoms. The first kappa shape index (κ1) is 58.6. The van der Waals surface area contributed by atoms with Gasteiger partial charge in [0.05, 0.1) is 19.0 Å². The summed E-state index contributed by atoms with van der Waals surface area (Å²) in [4.78, 5) is 149. The maximum absolute atomic E-state index is 14.6. The predicted molar refractivity (Wildman–Crippen MR) is 269 cm³/mol. The Morgan fingerprint density at radius 3 is 1.89 bits per heavy atom. The van der Waals surface area contributed by atoms with E-state index in [2.05, 4.69) is 37.2 Å². The van der Waals surface area contributed by atoms with Crippen molar-refractivity contribution < 1.29 is 57.8 Å². The lowest BCUT2D eigenvalue weighted by molar-refractivity contribution is -0.142. The molecule has 25 nitrogen and oxygen atoms in total. The molecule has 0 bridgehead atoms. The Labute approximate surface area is 428 Å². The van der Waals surface area contributed by atoms with E-state index in [9.17, 15) is 57.8 Å². The third kappa shape index (κ3) is 19.5. The molecule has 2 saturated heterocycles. The topological polar surface area (TPSA) is 426 Å². The molecule has 2 aliphatic rings. The first-order valence-electron chi connectivity index (χ1n) is 23.5. The van der Waals surface area contributed by atoms with Crippen molar-refractivity contribution >= 4 is 86.6 Å². The zero-order chi connectivity index (χ0) is 53.6. The second-order valence-electron chi connectivity index (χ2n) is 17.4. The quantitative estimate of drug-likeness (QED) is 0.0467. The van der Waals surface area contributed by atoms with Crippen LogP contribution in [0.1, 0.15) is 62.5 Å². The summed E-state index contributed by atoms with van der Waals surface area (Å²) < 4.78 is 0. The maximum Gasteiger partial charge on any atom is 0.246 e. The van der Waals surface area contributed by atoms with Crippen molar-refractivity contribution in [3.05, 3.63) is 65.7 Å². The Balaban J connectivity index is 1.71. The van der Waals surface area contributed by atoms with E-state index in [0.717, 1.165) is 21.6 Å². The Morgan fingerprint density at radius 1 is 0.699 bits per heavy atom. The molecule has 0 aliphatic carbocycles. The van der Waals surface area contributed by atoms with Gasteiger partial charge in [-0.3, -0.25) is 52.7 Å². The molecule has 8 atom stereocenters. The van der Waals surface area contributed by atoms with Crippen molar-refractivity contribution in [1.29, 1.82) is 0 Å². The van der Waals surface area contributed by atoms with E-state index in [4.69, 9.17) is 28.7 Å². The average molecular weight is 1060 g/mol. The molecule has 2 fully saturated rings. The van der Waals surface area contributed by atoms with Crippen molar-refractivity contribution in [2.24, 2.45) is 28.7 Å². The van der Waals surface area contributed by atoms with Crippen LogP contribution in [-0.2, 0) is 65.6 Å². The minimum absolute atomic E-state index is 0.0324. The number of unbranched alkanes of at least 4 members (excludes halogenated alkanes) is 1. The minimum atomic E-state index is -1.78. The van der Waals surface area contributed by atoms with Gasteiger partial charge in [0.1, 0.15) is 48.0 Å². The number of hydrogen-bond donors (Lipinski definition) is 13. The SMILES string of the molecule is NCCCC[C@H](NC(=O)[C@@H]1CCCN1C(=O)[C@@H]1CSSC[C@H](N)C(=O)NC(Cc2ccc(O)cc2)C(=O)NC(Cc2ccccc2)C(=O)N[C@@H](CCC(N)=O)C(=O)NC(CC(N)=O)C(=O)N1)C(=O)NCC(N)=O. The summed E-state index contributed by atoms with van der Waals surface area (Å²) >= 11 is 0. The van der Waals surface area contributed by atoms with Crippen molar-refractivity contribution in [2.75, 3.05) is 31.1 Å². The van der Waals surface area contributed by atoms with E-state index in [1.807, 2.05) is 0 Å². The summed E-state index contributed by atoms with van der Waals surface area (Å²) in [5.41, 5.74) is 29.2. The monoisotopic (exact) mass is 1060 g/mol. The van der Waals surface area contributed by atoms with Crippen LogP contribution in [0.15, 0.2) is 54.6 Å². The van der Waals surface area contributed by atoms with Gasteiger partial charge in [0, 0.05) is 37.3 Å². The number of nitrogens with zero attached hydrogens (tertiary/aromatic N) is 1.